The normalized spacial score (nSPS) is 28.2. The predicted octanol–water partition coefficient (Wildman–Crippen LogP) is 4.77. The molecule has 0 unspecified atom stereocenters. The Labute approximate surface area is 164 Å². The summed E-state index contributed by atoms with van der Waals surface area (Å²) in [6.45, 7) is 2.67. The van der Waals surface area contributed by atoms with Crippen molar-refractivity contribution in [2.45, 2.75) is 96.1 Å². The molecule has 2 fully saturated rings. The summed E-state index contributed by atoms with van der Waals surface area (Å²) in [7, 11) is 1.41. The van der Waals surface area contributed by atoms with E-state index in [0.717, 1.165) is 56.8 Å². The van der Waals surface area contributed by atoms with Crippen LogP contribution in [0, 0.1) is 11.8 Å². The second-order valence-corrected chi connectivity index (χ2v) is 8.29. The lowest BCUT2D eigenvalue weighted by atomic mass is 9.76. The van der Waals surface area contributed by atoms with E-state index in [1.807, 2.05) is 0 Å². The first-order chi connectivity index (χ1) is 13.1. The third kappa shape index (κ3) is 8.39. The van der Waals surface area contributed by atoms with E-state index < -0.39 is 0 Å². The number of nitrogens with one attached hydrogen (secondary N) is 2. The molecule has 27 heavy (non-hydrogen) atoms. The third-order valence-corrected chi connectivity index (χ3v) is 6.17. The number of alkyl carbamates (subject to hydrolysis) is 2. The Morgan fingerprint density at radius 1 is 0.815 bits per heavy atom. The van der Waals surface area contributed by atoms with E-state index in [1.54, 1.807) is 0 Å². The average molecular weight is 383 g/mol. The van der Waals surface area contributed by atoms with Gasteiger partial charge in [-0.3, -0.25) is 0 Å². The van der Waals surface area contributed by atoms with Crippen molar-refractivity contribution in [1.82, 2.24) is 10.6 Å². The molecule has 0 aliphatic heterocycles. The highest BCUT2D eigenvalue weighted by Crippen LogP contribution is 2.35. The van der Waals surface area contributed by atoms with Gasteiger partial charge in [0.25, 0.3) is 0 Å². The Bertz CT molecular complexity index is 441. The predicted molar refractivity (Wildman–Crippen MR) is 106 cm³/mol. The fourth-order valence-corrected chi connectivity index (χ4v) is 4.51. The lowest BCUT2D eigenvalue weighted by Gasteiger charge is -2.34. The summed E-state index contributed by atoms with van der Waals surface area (Å²) >= 11 is 0. The van der Waals surface area contributed by atoms with Gasteiger partial charge in [-0.05, 0) is 76.0 Å². The van der Waals surface area contributed by atoms with Gasteiger partial charge >= 0.3 is 12.2 Å². The van der Waals surface area contributed by atoms with Crippen LogP contribution >= 0.6 is 0 Å². The topological polar surface area (TPSA) is 76.7 Å². The largest absolute Gasteiger partial charge is 0.453 e. The van der Waals surface area contributed by atoms with Gasteiger partial charge in [-0.15, -0.1) is 0 Å². The summed E-state index contributed by atoms with van der Waals surface area (Å²) in [6.07, 6.45) is 12.9. The minimum atomic E-state index is -0.312. The summed E-state index contributed by atoms with van der Waals surface area (Å²) < 4.78 is 9.93. The highest BCUT2D eigenvalue weighted by atomic mass is 16.5. The molecular formula is C21H38N2O4. The minimum Gasteiger partial charge on any atom is -0.453 e. The van der Waals surface area contributed by atoms with Crippen molar-refractivity contribution in [3.05, 3.63) is 0 Å². The van der Waals surface area contributed by atoms with Gasteiger partial charge in [0, 0.05) is 12.1 Å². The number of amides is 2. The van der Waals surface area contributed by atoms with E-state index >= 15 is 0 Å². The van der Waals surface area contributed by atoms with Crippen LogP contribution in [-0.2, 0) is 9.47 Å². The van der Waals surface area contributed by atoms with Gasteiger partial charge < -0.3 is 20.1 Å². The molecule has 0 aromatic rings. The van der Waals surface area contributed by atoms with Gasteiger partial charge in [-0.1, -0.05) is 19.8 Å². The molecule has 2 amide bonds. The van der Waals surface area contributed by atoms with E-state index in [0.29, 0.717) is 6.61 Å². The zero-order valence-electron chi connectivity index (χ0n) is 17.1. The summed E-state index contributed by atoms with van der Waals surface area (Å²) in [5, 5.41) is 5.96. The average Bonchev–Trinajstić information content (AvgIpc) is 2.68. The molecule has 6 heteroatoms. The van der Waals surface area contributed by atoms with Crippen LogP contribution in [0.25, 0.3) is 0 Å². The molecule has 2 aliphatic rings. The monoisotopic (exact) mass is 382 g/mol. The molecule has 2 saturated carbocycles. The second kappa shape index (κ2) is 12.1. The van der Waals surface area contributed by atoms with Crippen LogP contribution in [0.4, 0.5) is 9.59 Å². The van der Waals surface area contributed by atoms with Gasteiger partial charge in [0.05, 0.1) is 13.7 Å². The fraction of sp³-hybridized carbons (Fsp3) is 0.905. The van der Waals surface area contributed by atoms with Crippen LogP contribution in [0.2, 0.25) is 0 Å². The van der Waals surface area contributed by atoms with Crippen molar-refractivity contribution in [3.63, 3.8) is 0 Å². The molecule has 0 spiro atoms. The van der Waals surface area contributed by atoms with Crippen molar-refractivity contribution < 1.29 is 19.1 Å². The SMILES string of the molecule is CCCCCOC(=O)NC1CCC(CC2CCC(NC(=O)OC)CC2)CC1. The Morgan fingerprint density at radius 3 is 1.81 bits per heavy atom. The maximum Gasteiger partial charge on any atom is 0.407 e. The zero-order chi connectivity index (χ0) is 19.5. The van der Waals surface area contributed by atoms with E-state index in [4.69, 9.17) is 4.74 Å². The number of carbonyl (C=O) groups excluding carboxylic acids is 2. The quantitative estimate of drug-likeness (QED) is 0.593. The van der Waals surface area contributed by atoms with Gasteiger partial charge in [0.15, 0.2) is 0 Å². The highest BCUT2D eigenvalue weighted by Gasteiger charge is 2.28. The van der Waals surface area contributed by atoms with E-state index in [-0.39, 0.29) is 24.3 Å². The first-order valence-corrected chi connectivity index (χ1v) is 10.9. The van der Waals surface area contributed by atoms with Crippen LogP contribution in [0.3, 0.4) is 0 Å². The van der Waals surface area contributed by atoms with Crippen molar-refractivity contribution in [3.8, 4) is 0 Å². The Morgan fingerprint density at radius 2 is 1.33 bits per heavy atom. The number of ether oxygens (including phenoxy) is 2. The molecule has 0 atom stereocenters. The first kappa shape index (κ1) is 21.8. The maximum absolute atomic E-state index is 11.8. The van der Waals surface area contributed by atoms with Crippen LogP contribution in [-0.4, -0.2) is 38.0 Å². The van der Waals surface area contributed by atoms with Crippen molar-refractivity contribution in [2.75, 3.05) is 13.7 Å². The third-order valence-electron chi connectivity index (χ3n) is 6.17. The standard InChI is InChI=1S/C21H38N2O4/c1-3-4-5-14-27-21(25)23-19-12-8-17(9-13-19)15-16-6-10-18(11-7-16)22-20(24)26-2/h16-19H,3-15H2,1-2H3,(H,22,24)(H,23,25). The van der Waals surface area contributed by atoms with Crippen molar-refractivity contribution >= 4 is 12.2 Å². The fourth-order valence-electron chi connectivity index (χ4n) is 4.51. The van der Waals surface area contributed by atoms with Crippen molar-refractivity contribution in [2.24, 2.45) is 11.8 Å². The van der Waals surface area contributed by atoms with E-state index in [2.05, 4.69) is 22.3 Å². The molecule has 2 rings (SSSR count). The highest BCUT2D eigenvalue weighted by molar-refractivity contribution is 5.67. The Hall–Kier alpha value is -1.46. The minimum absolute atomic E-state index is 0.244. The van der Waals surface area contributed by atoms with Crippen LogP contribution in [0.15, 0.2) is 0 Å². The summed E-state index contributed by atoms with van der Waals surface area (Å²) in [5.74, 6) is 1.55. The number of unbranched alkanes of at least 4 members (excludes halogenated alkanes) is 2. The zero-order valence-corrected chi connectivity index (χ0v) is 17.1. The molecule has 0 aromatic heterocycles. The summed E-state index contributed by atoms with van der Waals surface area (Å²) in [5.41, 5.74) is 0. The van der Waals surface area contributed by atoms with E-state index in [9.17, 15) is 9.59 Å². The second-order valence-electron chi connectivity index (χ2n) is 8.29. The molecule has 156 valence electrons. The lowest BCUT2D eigenvalue weighted by Crippen LogP contribution is -2.39. The van der Waals surface area contributed by atoms with Crippen LogP contribution in [0.1, 0.15) is 84.0 Å². The molecule has 0 saturated heterocycles. The Kier molecular flexibility index (Phi) is 9.78. The number of methoxy groups -OCH3 is 1. The molecule has 6 nitrogen and oxygen atoms in total. The Balaban J connectivity index is 1.56. The van der Waals surface area contributed by atoms with Crippen LogP contribution < -0.4 is 10.6 Å². The van der Waals surface area contributed by atoms with Gasteiger partial charge in [-0.25, -0.2) is 9.59 Å². The molecule has 2 N–H and O–H groups in total. The van der Waals surface area contributed by atoms with E-state index in [1.165, 1.54) is 39.2 Å². The summed E-state index contributed by atoms with van der Waals surface area (Å²) in [6, 6.07) is 0.553. The van der Waals surface area contributed by atoms with Gasteiger partial charge in [0.1, 0.15) is 0 Å². The number of hydrogen-bond donors (Lipinski definition) is 2. The van der Waals surface area contributed by atoms with Crippen LogP contribution in [0.5, 0.6) is 0 Å². The molecule has 0 bridgehead atoms. The summed E-state index contributed by atoms with van der Waals surface area (Å²) in [4.78, 5) is 23.1. The molecule has 2 aliphatic carbocycles. The number of hydrogen-bond acceptors (Lipinski definition) is 4. The molecule has 0 radical (unpaired) electrons. The lowest BCUT2D eigenvalue weighted by molar-refractivity contribution is 0.133. The molecule has 0 aromatic carbocycles. The molecular weight excluding hydrogens is 344 g/mol. The van der Waals surface area contributed by atoms with Crippen molar-refractivity contribution in [1.29, 1.82) is 0 Å². The maximum atomic E-state index is 11.8. The number of rotatable bonds is 8. The first-order valence-electron chi connectivity index (χ1n) is 10.9. The van der Waals surface area contributed by atoms with Gasteiger partial charge in [0.2, 0.25) is 0 Å². The van der Waals surface area contributed by atoms with Gasteiger partial charge in [-0.2, -0.15) is 0 Å². The molecule has 0 heterocycles. The number of carbonyl (C=O) groups is 2. The smallest absolute Gasteiger partial charge is 0.407 e.